The molecule has 1 fully saturated rings. The van der Waals surface area contributed by atoms with E-state index in [1.54, 1.807) is 30.1 Å². The second-order valence-electron chi connectivity index (χ2n) is 8.71. The molecule has 0 unspecified atom stereocenters. The van der Waals surface area contributed by atoms with Crippen LogP contribution in [0.3, 0.4) is 0 Å². The lowest BCUT2D eigenvalue weighted by atomic mass is 10.1. The van der Waals surface area contributed by atoms with Crippen molar-refractivity contribution < 1.29 is 17.9 Å². The molecule has 1 aliphatic heterocycles. The Kier molecular flexibility index (Phi) is 6.31. The Morgan fingerprint density at radius 1 is 1.06 bits per heavy atom. The SMILES string of the molecule is CN(C(=O)CCc1nc2cc(S(=O)(=O)N3CCOCC3)ccc2n1C)c1cccc2ccccc12. The molecule has 1 aliphatic rings. The van der Waals surface area contributed by atoms with E-state index in [4.69, 9.17) is 4.74 Å². The number of hydrogen-bond donors (Lipinski definition) is 0. The van der Waals surface area contributed by atoms with Gasteiger partial charge in [-0.1, -0.05) is 36.4 Å². The summed E-state index contributed by atoms with van der Waals surface area (Å²) >= 11 is 0. The lowest BCUT2D eigenvalue weighted by Gasteiger charge is -2.26. The van der Waals surface area contributed by atoms with Gasteiger partial charge >= 0.3 is 0 Å². The van der Waals surface area contributed by atoms with Crippen molar-refractivity contribution >= 4 is 43.4 Å². The van der Waals surface area contributed by atoms with Crippen LogP contribution in [-0.2, 0) is 33.0 Å². The molecule has 0 aliphatic carbocycles. The van der Waals surface area contributed by atoms with Gasteiger partial charge in [0.05, 0.1) is 34.8 Å². The van der Waals surface area contributed by atoms with Crippen molar-refractivity contribution in [3.8, 4) is 0 Å². The van der Waals surface area contributed by atoms with E-state index in [0.717, 1.165) is 27.8 Å². The topological polar surface area (TPSA) is 84.7 Å². The van der Waals surface area contributed by atoms with Crippen LogP contribution in [0.5, 0.6) is 0 Å². The number of benzene rings is 3. The summed E-state index contributed by atoms with van der Waals surface area (Å²) in [6.07, 6.45) is 0.737. The van der Waals surface area contributed by atoms with E-state index in [1.165, 1.54) is 4.31 Å². The van der Waals surface area contributed by atoms with Gasteiger partial charge in [0.1, 0.15) is 5.82 Å². The predicted molar refractivity (Wildman–Crippen MR) is 136 cm³/mol. The third kappa shape index (κ3) is 4.42. The Morgan fingerprint density at radius 2 is 1.80 bits per heavy atom. The minimum Gasteiger partial charge on any atom is -0.379 e. The lowest BCUT2D eigenvalue weighted by Crippen LogP contribution is -2.40. The standard InChI is InChI=1S/C26H28N4O4S/c1-28-24-11-10-20(35(32,33)30-14-16-34-17-15-30)18-22(24)27-25(28)12-13-26(31)29(2)23-9-5-7-19-6-3-4-8-21(19)23/h3-11,18H,12-17H2,1-2H3. The fraction of sp³-hybridized carbons (Fsp3) is 0.308. The average molecular weight is 493 g/mol. The molecule has 8 nitrogen and oxygen atoms in total. The van der Waals surface area contributed by atoms with Crippen molar-refractivity contribution in [2.24, 2.45) is 7.05 Å². The first-order valence-corrected chi connectivity index (χ1v) is 13.1. The Bertz CT molecular complexity index is 1500. The van der Waals surface area contributed by atoms with Crippen LogP contribution in [0, 0.1) is 0 Å². The number of morpholine rings is 1. The van der Waals surface area contributed by atoms with Gasteiger partial charge in [0.25, 0.3) is 0 Å². The highest BCUT2D eigenvalue weighted by Gasteiger charge is 2.27. The molecule has 9 heteroatoms. The summed E-state index contributed by atoms with van der Waals surface area (Å²) in [7, 11) is 0.0827. The molecule has 3 aromatic carbocycles. The van der Waals surface area contributed by atoms with Crippen molar-refractivity contribution in [1.29, 1.82) is 0 Å². The smallest absolute Gasteiger partial charge is 0.243 e. The van der Waals surface area contributed by atoms with Gasteiger partial charge in [0.15, 0.2) is 0 Å². The van der Waals surface area contributed by atoms with Gasteiger partial charge in [0.2, 0.25) is 15.9 Å². The molecule has 4 aromatic rings. The summed E-state index contributed by atoms with van der Waals surface area (Å²) in [5, 5.41) is 2.12. The van der Waals surface area contributed by atoms with E-state index in [9.17, 15) is 13.2 Å². The van der Waals surface area contributed by atoms with Gasteiger partial charge < -0.3 is 14.2 Å². The molecule has 0 bridgehead atoms. The molecule has 0 radical (unpaired) electrons. The highest BCUT2D eigenvalue weighted by molar-refractivity contribution is 7.89. The predicted octanol–water partition coefficient (Wildman–Crippen LogP) is 3.34. The average Bonchev–Trinajstić information content (AvgIpc) is 3.21. The van der Waals surface area contributed by atoms with Crippen LogP contribution >= 0.6 is 0 Å². The Morgan fingerprint density at radius 3 is 2.60 bits per heavy atom. The summed E-state index contributed by atoms with van der Waals surface area (Å²) in [6.45, 7) is 1.49. The van der Waals surface area contributed by atoms with Crippen molar-refractivity contribution in [3.63, 3.8) is 0 Å². The number of sulfonamides is 1. The highest BCUT2D eigenvalue weighted by Crippen LogP contribution is 2.27. The first kappa shape index (κ1) is 23.5. The second-order valence-corrected chi connectivity index (χ2v) is 10.6. The van der Waals surface area contributed by atoms with E-state index < -0.39 is 10.0 Å². The van der Waals surface area contributed by atoms with Gasteiger partial charge in [-0.25, -0.2) is 13.4 Å². The number of ether oxygens (including phenoxy) is 1. The third-order valence-electron chi connectivity index (χ3n) is 6.62. The zero-order valence-corrected chi connectivity index (χ0v) is 20.7. The van der Waals surface area contributed by atoms with Crippen LogP contribution in [0.2, 0.25) is 0 Å². The maximum absolute atomic E-state index is 13.0. The summed E-state index contributed by atoms with van der Waals surface area (Å²) in [5.74, 6) is 0.726. The van der Waals surface area contributed by atoms with Crippen LogP contribution in [0.1, 0.15) is 12.2 Å². The molecule has 0 N–H and O–H groups in total. The fourth-order valence-electron chi connectivity index (χ4n) is 4.57. The number of aromatic nitrogens is 2. The second kappa shape index (κ2) is 9.41. The molecule has 0 saturated carbocycles. The number of imidazole rings is 1. The van der Waals surface area contributed by atoms with Crippen LogP contribution in [0.4, 0.5) is 5.69 Å². The molecule has 5 rings (SSSR count). The Balaban J connectivity index is 1.35. The van der Waals surface area contributed by atoms with Gasteiger partial charge in [-0.3, -0.25) is 4.79 Å². The maximum Gasteiger partial charge on any atom is 0.243 e. The summed E-state index contributed by atoms with van der Waals surface area (Å²) in [6, 6.07) is 19.0. The Hall–Kier alpha value is -3.27. The van der Waals surface area contributed by atoms with E-state index >= 15 is 0 Å². The Labute approximate surface area is 204 Å². The van der Waals surface area contributed by atoms with Crippen LogP contribution < -0.4 is 4.90 Å². The zero-order chi connectivity index (χ0) is 24.6. The molecule has 2 heterocycles. The van der Waals surface area contributed by atoms with Gasteiger partial charge in [-0.05, 0) is 29.7 Å². The van der Waals surface area contributed by atoms with E-state index in [1.807, 2.05) is 54.1 Å². The van der Waals surface area contributed by atoms with Crippen LogP contribution in [0.25, 0.3) is 21.8 Å². The van der Waals surface area contributed by atoms with Crippen LogP contribution in [0.15, 0.2) is 65.6 Å². The number of carbonyl (C=O) groups excluding carboxylic acids is 1. The number of fused-ring (bicyclic) bond motifs is 2. The molecule has 0 atom stereocenters. The molecule has 35 heavy (non-hydrogen) atoms. The summed E-state index contributed by atoms with van der Waals surface area (Å²) in [5.41, 5.74) is 2.30. The largest absolute Gasteiger partial charge is 0.379 e. The van der Waals surface area contributed by atoms with E-state index in [2.05, 4.69) is 4.98 Å². The number of aryl methyl sites for hydroxylation is 2. The molecule has 1 amide bonds. The quantitative estimate of drug-likeness (QED) is 0.412. The first-order chi connectivity index (χ1) is 16.9. The van der Waals surface area contributed by atoms with E-state index in [-0.39, 0.29) is 17.2 Å². The van der Waals surface area contributed by atoms with Gasteiger partial charge in [-0.2, -0.15) is 4.31 Å². The fourth-order valence-corrected chi connectivity index (χ4v) is 6.00. The number of hydrogen-bond acceptors (Lipinski definition) is 5. The summed E-state index contributed by atoms with van der Waals surface area (Å²) < 4.78 is 34.7. The molecule has 1 saturated heterocycles. The number of carbonyl (C=O) groups is 1. The lowest BCUT2D eigenvalue weighted by molar-refractivity contribution is -0.118. The van der Waals surface area contributed by atoms with E-state index in [0.29, 0.717) is 38.2 Å². The zero-order valence-electron chi connectivity index (χ0n) is 19.8. The van der Waals surface area contributed by atoms with Crippen molar-refractivity contribution in [3.05, 3.63) is 66.5 Å². The highest BCUT2D eigenvalue weighted by atomic mass is 32.2. The molecule has 182 valence electrons. The number of nitrogens with zero attached hydrogens (tertiary/aromatic N) is 4. The van der Waals surface area contributed by atoms with Crippen LogP contribution in [-0.4, -0.2) is 61.5 Å². The van der Waals surface area contributed by atoms with Crippen molar-refractivity contribution in [1.82, 2.24) is 13.9 Å². The minimum atomic E-state index is -3.60. The molecular weight excluding hydrogens is 464 g/mol. The molecular formula is C26H28N4O4S. The number of anilines is 1. The first-order valence-electron chi connectivity index (χ1n) is 11.6. The summed E-state index contributed by atoms with van der Waals surface area (Å²) in [4.78, 5) is 19.6. The van der Waals surface area contributed by atoms with Crippen molar-refractivity contribution in [2.75, 3.05) is 38.3 Å². The van der Waals surface area contributed by atoms with Gasteiger partial charge in [0, 0.05) is 45.4 Å². The maximum atomic E-state index is 13.0. The minimum absolute atomic E-state index is 0.0102. The number of rotatable bonds is 6. The van der Waals surface area contributed by atoms with Gasteiger partial charge in [-0.15, -0.1) is 0 Å². The third-order valence-corrected chi connectivity index (χ3v) is 8.51. The van der Waals surface area contributed by atoms with Crippen molar-refractivity contribution in [2.45, 2.75) is 17.7 Å². The monoisotopic (exact) mass is 492 g/mol. The molecule has 1 aromatic heterocycles. The normalized spacial score (nSPS) is 15.0. The molecule has 0 spiro atoms. The number of amides is 1.